The van der Waals surface area contributed by atoms with Crippen molar-refractivity contribution in [1.82, 2.24) is 0 Å². The second-order valence-electron chi connectivity index (χ2n) is 3.32. The molecule has 0 radical (unpaired) electrons. The fourth-order valence-electron chi connectivity index (χ4n) is 1.39. The van der Waals surface area contributed by atoms with Gasteiger partial charge in [-0.3, -0.25) is 0 Å². The number of hydrogen-bond acceptors (Lipinski definition) is 3. The largest absolute Gasteiger partial charge is 0.489 e. The Morgan fingerprint density at radius 1 is 1.31 bits per heavy atom. The van der Waals surface area contributed by atoms with Crippen molar-refractivity contribution in [2.24, 2.45) is 5.73 Å². The van der Waals surface area contributed by atoms with Crippen molar-refractivity contribution in [2.45, 2.75) is 13.2 Å². The molecule has 1 aromatic heterocycles. The molecule has 0 unspecified atom stereocenters. The summed E-state index contributed by atoms with van der Waals surface area (Å²) in [6.45, 7) is 0.890. The van der Waals surface area contributed by atoms with Gasteiger partial charge in [0.2, 0.25) is 0 Å². The summed E-state index contributed by atoms with van der Waals surface area (Å²) < 4.78 is 12.0. The molecule has 0 atom stereocenters. The van der Waals surface area contributed by atoms with Crippen LogP contribution >= 0.6 is 22.6 Å². The average Bonchev–Trinajstić information content (AvgIpc) is 2.74. The Balaban J connectivity index is 2.02. The van der Waals surface area contributed by atoms with Crippen LogP contribution in [0.25, 0.3) is 0 Å². The zero-order chi connectivity index (χ0) is 11.4. The summed E-state index contributed by atoms with van der Waals surface area (Å²) in [5, 5.41) is 0. The van der Waals surface area contributed by atoms with Gasteiger partial charge >= 0.3 is 0 Å². The molecule has 0 bridgehead atoms. The van der Waals surface area contributed by atoms with Crippen molar-refractivity contribution in [3.05, 3.63) is 51.5 Å². The first-order valence-corrected chi connectivity index (χ1v) is 6.01. The van der Waals surface area contributed by atoms with E-state index in [1.165, 1.54) is 0 Å². The highest BCUT2D eigenvalue weighted by Gasteiger charge is 2.05. The number of furan rings is 1. The SMILES string of the molecule is NCc1occc1COc1cccc(I)c1. The van der Waals surface area contributed by atoms with Crippen LogP contribution in [-0.2, 0) is 13.2 Å². The van der Waals surface area contributed by atoms with E-state index in [0.717, 1.165) is 20.6 Å². The van der Waals surface area contributed by atoms with Gasteiger partial charge in [0.05, 0.1) is 12.8 Å². The number of rotatable bonds is 4. The highest BCUT2D eigenvalue weighted by Crippen LogP contribution is 2.18. The Bertz CT molecular complexity index is 468. The molecule has 0 aliphatic carbocycles. The van der Waals surface area contributed by atoms with E-state index < -0.39 is 0 Å². The van der Waals surface area contributed by atoms with Crippen LogP contribution in [0.3, 0.4) is 0 Å². The number of benzene rings is 1. The van der Waals surface area contributed by atoms with Crippen LogP contribution in [-0.4, -0.2) is 0 Å². The van der Waals surface area contributed by atoms with Crippen molar-refractivity contribution in [2.75, 3.05) is 0 Å². The molecule has 2 N–H and O–H groups in total. The molecule has 0 spiro atoms. The Labute approximate surface area is 108 Å². The van der Waals surface area contributed by atoms with Gasteiger partial charge in [-0.25, -0.2) is 0 Å². The normalized spacial score (nSPS) is 10.4. The summed E-state index contributed by atoms with van der Waals surface area (Å²) in [5.41, 5.74) is 6.54. The fraction of sp³-hybridized carbons (Fsp3) is 0.167. The molecule has 1 aromatic carbocycles. The van der Waals surface area contributed by atoms with E-state index in [9.17, 15) is 0 Å². The summed E-state index contributed by atoms with van der Waals surface area (Å²) in [6, 6.07) is 9.80. The van der Waals surface area contributed by atoms with Crippen LogP contribution in [0.15, 0.2) is 41.0 Å². The van der Waals surface area contributed by atoms with E-state index in [2.05, 4.69) is 22.6 Å². The lowest BCUT2D eigenvalue weighted by atomic mass is 10.2. The van der Waals surface area contributed by atoms with E-state index in [1.807, 2.05) is 30.3 Å². The molecule has 0 amide bonds. The second-order valence-corrected chi connectivity index (χ2v) is 4.56. The van der Waals surface area contributed by atoms with Crippen LogP contribution in [0, 0.1) is 3.57 Å². The van der Waals surface area contributed by atoms with E-state index in [0.29, 0.717) is 13.2 Å². The highest BCUT2D eigenvalue weighted by molar-refractivity contribution is 14.1. The maximum absolute atomic E-state index is 5.65. The molecular formula is C12H12INO2. The molecule has 2 aromatic rings. The first-order chi connectivity index (χ1) is 7.79. The molecule has 3 nitrogen and oxygen atoms in total. The third-order valence-electron chi connectivity index (χ3n) is 2.21. The lowest BCUT2D eigenvalue weighted by Gasteiger charge is -2.05. The van der Waals surface area contributed by atoms with Gasteiger partial charge in [0, 0.05) is 9.13 Å². The summed E-state index contributed by atoms with van der Waals surface area (Å²) >= 11 is 2.25. The van der Waals surface area contributed by atoms with Gasteiger partial charge in [-0.15, -0.1) is 0 Å². The number of halogens is 1. The molecule has 84 valence electrons. The number of ether oxygens (including phenoxy) is 1. The Morgan fingerprint density at radius 3 is 2.94 bits per heavy atom. The minimum Gasteiger partial charge on any atom is -0.489 e. The van der Waals surface area contributed by atoms with Crippen molar-refractivity contribution in [3.8, 4) is 5.75 Å². The minimum absolute atomic E-state index is 0.401. The van der Waals surface area contributed by atoms with Gasteiger partial charge in [-0.2, -0.15) is 0 Å². The quantitative estimate of drug-likeness (QED) is 0.878. The molecule has 1 heterocycles. The second kappa shape index (κ2) is 5.36. The van der Waals surface area contributed by atoms with Gasteiger partial charge in [-0.1, -0.05) is 6.07 Å². The molecule has 16 heavy (non-hydrogen) atoms. The monoisotopic (exact) mass is 329 g/mol. The standard InChI is InChI=1S/C12H12INO2/c13-10-2-1-3-11(6-10)16-8-9-4-5-15-12(9)7-14/h1-6H,7-8,14H2. The summed E-state index contributed by atoms with van der Waals surface area (Å²) in [6.07, 6.45) is 1.63. The van der Waals surface area contributed by atoms with E-state index in [-0.39, 0.29) is 0 Å². The van der Waals surface area contributed by atoms with Crippen LogP contribution in [0.4, 0.5) is 0 Å². The molecule has 0 aliphatic rings. The van der Waals surface area contributed by atoms with Crippen LogP contribution in [0.1, 0.15) is 11.3 Å². The molecule has 0 aliphatic heterocycles. The first-order valence-electron chi connectivity index (χ1n) is 4.93. The molecule has 0 saturated heterocycles. The van der Waals surface area contributed by atoms with Gasteiger partial charge in [0.25, 0.3) is 0 Å². The average molecular weight is 329 g/mol. The van der Waals surface area contributed by atoms with Crippen molar-refractivity contribution >= 4 is 22.6 Å². The van der Waals surface area contributed by atoms with Crippen LogP contribution < -0.4 is 10.5 Å². The first kappa shape index (κ1) is 11.5. The van der Waals surface area contributed by atoms with E-state index in [1.54, 1.807) is 6.26 Å². The smallest absolute Gasteiger partial charge is 0.123 e. The van der Waals surface area contributed by atoms with Crippen LogP contribution in [0.5, 0.6) is 5.75 Å². The van der Waals surface area contributed by atoms with Crippen LogP contribution in [0.2, 0.25) is 0 Å². The Hall–Kier alpha value is -1.01. The maximum Gasteiger partial charge on any atom is 0.123 e. The lowest BCUT2D eigenvalue weighted by Crippen LogP contribution is -2.01. The highest BCUT2D eigenvalue weighted by atomic mass is 127. The molecule has 4 heteroatoms. The van der Waals surface area contributed by atoms with E-state index >= 15 is 0 Å². The molecule has 2 rings (SSSR count). The third-order valence-corrected chi connectivity index (χ3v) is 2.88. The number of nitrogens with two attached hydrogens (primary N) is 1. The number of hydrogen-bond donors (Lipinski definition) is 1. The molecule has 0 fully saturated rings. The van der Waals surface area contributed by atoms with Gasteiger partial charge < -0.3 is 14.9 Å². The summed E-state index contributed by atoms with van der Waals surface area (Å²) in [7, 11) is 0. The van der Waals surface area contributed by atoms with Gasteiger partial charge in [0.15, 0.2) is 0 Å². The van der Waals surface area contributed by atoms with E-state index in [4.69, 9.17) is 14.9 Å². The molecule has 0 saturated carbocycles. The van der Waals surface area contributed by atoms with Crippen molar-refractivity contribution in [3.63, 3.8) is 0 Å². The summed E-state index contributed by atoms with van der Waals surface area (Å²) in [4.78, 5) is 0. The Kier molecular flexibility index (Phi) is 3.84. The predicted octanol–water partition coefficient (Wildman–Crippen LogP) is 2.92. The maximum atomic E-state index is 5.65. The lowest BCUT2D eigenvalue weighted by molar-refractivity contribution is 0.302. The van der Waals surface area contributed by atoms with Gasteiger partial charge in [0.1, 0.15) is 18.1 Å². The fourth-order valence-corrected chi connectivity index (χ4v) is 1.91. The Morgan fingerprint density at radius 2 is 2.19 bits per heavy atom. The zero-order valence-electron chi connectivity index (χ0n) is 8.65. The van der Waals surface area contributed by atoms with Gasteiger partial charge in [-0.05, 0) is 46.9 Å². The van der Waals surface area contributed by atoms with Crippen molar-refractivity contribution < 1.29 is 9.15 Å². The topological polar surface area (TPSA) is 48.4 Å². The zero-order valence-corrected chi connectivity index (χ0v) is 10.8. The minimum atomic E-state index is 0.401. The summed E-state index contributed by atoms with van der Waals surface area (Å²) in [5.74, 6) is 1.64. The molecular weight excluding hydrogens is 317 g/mol. The van der Waals surface area contributed by atoms with Crippen molar-refractivity contribution in [1.29, 1.82) is 0 Å². The predicted molar refractivity (Wildman–Crippen MR) is 70.1 cm³/mol. The third kappa shape index (κ3) is 2.76.